The van der Waals surface area contributed by atoms with E-state index in [9.17, 15) is 0 Å². The number of nitrogens with zero attached hydrogens (tertiary/aromatic N) is 1. The van der Waals surface area contributed by atoms with E-state index in [2.05, 4.69) is 121 Å². The van der Waals surface area contributed by atoms with Crippen LogP contribution in [0, 0.1) is 3.57 Å². The van der Waals surface area contributed by atoms with E-state index in [-0.39, 0.29) is 0 Å². The van der Waals surface area contributed by atoms with Gasteiger partial charge in [-0.25, -0.2) is 0 Å². The van der Waals surface area contributed by atoms with Gasteiger partial charge in [0.25, 0.3) is 0 Å². The fourth-order valence-corrected chi connectivity index (χ4v) is 8.05. The summed E-state index contributed by atoms with van der Waals surface area (Å²) in [4.78, 5) is 2.19. The highest BCUT2D eigenvalue weighted by Gasteiger charge is 2.15. The maximum absolute atomic E-state index is 6.23. The van der Waals surface area contributed by atoms with E-state index in [1.54, 1.807) is 0 Å². The molecule has 0 spiro atoms. The summed E-state index contributed by atoms with van der Waals surface area (Å²) in [7, 11) is 0. The minimum absolute atomic E-state index is 0.671. The average molecular weight is 1000 g/mol. The zero-order valence-corrected chi connectivity index (χ0v) is 33.5. The molecule has 0 saturated heterocycles. The highest BCUT2D eigenvalue weighted by Crippen LogP contribution is 2.40. The molecule has 0 unspecified atom stereocenters. The topological polar surface area (TPSA) is 15.3 Å². The number of hydrogen-bond donors (Lipinski definition) is 1. The Morgan fingerprint density at radius 3 is 1.11 bits per heavy atom. The number of para-hydroxylation sites is 4. The summed E-state index contributed by atoms with van der Waals surface area (Å²) in [5.74, 6) is 0. The molecule has 45 heavy (non-hydrogen) atoms. The molecule has 9 heteroatoms. The molecule has 0 bridgehead atoms. The Morgan fingerprint density at radius 1 is 0.444 bits per heavy atom. The third-order valence-electron chi connectivity index (χ3n) is 6.04. The van der Waals surface area contributed by atoms with Gasteiger partial charge in [0.15, 0.2) is 0 Å². The van der Waals surface area contributed by atoms with Crippen LogP contribution in [0.25, 0.3) is 0 Å². The molecule has 2 nitrogen and oxygen atoms in total. The molecule has 0 fully saturated rings. The molecule has 0 aliphatic rings. The van der Waals surface area contributed by atoms with Gasteiger partial charge in [0.1, 0.15) is 0 Å². The Labute approximate surface area is 321 Å². The van der Waals surface area contributed by atoms with Crippen LogP contribution in [0.3, 0.4) is 0 Å². The van der Waals surface area contributed by atoms with Crippen molar-refractivity contribution >= 4 is 138 Å². The van der Waals surface area contributed by atoms with Crippen molar-refractivity contribution in [2.45, 2.75) is 0 Å². The minimum atomic E-state index is 0.671. The van der Waals surface area contributed by atoms with Crippen LogP contribution in [-0.4, -0.2) is 0 Å². The molecule has 1 N–H and O–H groups in total. The van der Waals surface area contributed by atoms with Gasteiger partial charge in [0.2, 0.25) is 0 Å². The first-order chi connectivity index (χ1) is 21.7. The highest BCUT2D eigenvalue weighted by molar-refractivity contribution is 14.1. The highest BCUT2D eigenvalue weighted by atomic mass is 127. The van der Waals surface area contributed by atoms with Crippen LogP contribution in [0.5, 0.6) is 0 Å². The SMILES string of the molecule is Clc1c(Br)cc(I)cc1Br.Clc1c(Br)cc(N(c2ccccc2)c2ccccc2)cc1Br.c1ccc(Nc2ccccc2)cc1. The largest absolute Gasteiger partial charge is 0.356 e. The lowest BCUT2D eigenvalue weighted by Crippen LogP contribution is -2.09. The molecule has 228 valence electrons. The summed E-state index contributed by atoms with van der Waals surface area (Å²) in [6, 6.07) is 48.8. The van der Waals surface area contributed by atoms with Crippen molar-refractivity contribution in [2.24, 2.45) is 0 Å². The molecule has 0 atom stereocenters. The summed E-state index contributed by atoms with van der Waals surface area (Å²) >= 11 is 28.0. The Bertz CT molecular complexity index is 1670. The predicted octanol–water partition coefficient (Wildman–Crippen LogP) is 15.2. The van der Waals surface area contributed by atoms with Crippen molar-refractivity contribution in [2.75, 3.05) is 10.2 Å². The number of benzene rings is 6. The quantitative estimate of drug-likeness (QED) is 0.105. The first-order valence-electron chi connectivity index (χ1n) is 13.4. The normalized spacial score (nSPS) is 10.1. The lowest BCUT2D eigenvalue weighted by atomic mass is 10.2. The third kappa shape index (κ3) is 11.1. The van der Waals surface area contributed by atoms with Gasteiger partial charge in [0.05, 0.1) is 10.0 Å². The summed E-state index contributed by atoms with van der Waals surface area (Å²) in [5.41, 5.74) is 5.45. The summed E-state index contributed by atoms with van der Waals surface area (Å²) < 4.78 is 4.72. The molecular weight excluding hydrogens is 978 g/mol. The van der Waals surface area contributed by atoms with Crippen LogP contribution >= 0.6 is 110 Å². The fourth-order valence-electron chi connectivity index (χ4n) is 4.01. The van der Waals surface area contributed by atoms with Crippen molar-refractivity contribution in [3.63, 3.8) is 0 Å². The molecule has 6 aromatic carbocycles. The van der Waals surface area contributed by atoms with Crippen LogP contribution in [0.1, 0.15) is 0 Å². The van der Waals surface area contributed by atoms with Gasteiger partial charge in [-0.15, -0.1) is 0 Å². The summed E-state index contributed by atoms with van der Waals surface area (Å²) in [5, 5.41) is 4.70. The van der Waals surface area contributed by atoms with Crippen molar-refractivity contribution in [1.82, 2.24) is 0 Å². The Kier molecular flexibility index (Phi) is 14.8. The first kappa shape index (κ1) is 36.0. The molecular formula is C36H25Br4Cl2IN2. The van der Waals surface area contributed by atoms with Crippen molar-refractivity contribution in [3.05, 3.63) is 177 Å². The third-order valence-corrected chi connectivity index (χ3v) is 10.9. The van der Waals surface area contributed by atoms with Gasteiger partial charge < -0.3 is 10.2 Å². The second kappa shape index (κ2) is 18.5. The van der Waals surface area contributed by atoms with E-state index in [1.807, 2.05) is 121 Å². The molecule has 0 saturated carbocycles. The van der Waals surface area contributed by atoms with Gasteiger partial charge in [-0.1, -0.05) is 96.0 Å². The monoisotopic (exact) mass is 998 g/mol. The number of anilines is 5. The van der Waals surface area contributed by atoms with Crippen molar-refractivity contribution in [3.8, 4) is 0 Å². The Balaban J connectivity index is 0.000000170. The van der Waals surface area contributed by atoms with Crippen molar-refractivity contribution in [1.29, 1.82) is 0 Å². The van der Waals surface area contributed by atoms with Gasteiger partial charge in [-0.05, 0) is 159 Å². The second-order valence-corrected chi connectivity index (χ2v) is 14.7. The van der Waals surface area contributed by atoms with Crippen LogP contribution < -0.4 is 10.2 Å². The van der Waals surface area contributed by atoms with E-state index >= 15 is 0 Å². The summed E-state index contributed by atoms with van der Waals surface area (Å²) in [6.07, 6.45) is 0. The maximum atomic E-state index is 6.23. The van der Waals surface area contributed by atoms with Crippen molar-refractivity contribution < 1.29 is 0 Å². The average Bonchev–Trinajstić information content (AvgIpc) is 3.05. The molecule has 0 radical (unpaired) electrons. The standard InChI is InChI=1S/C18H12Br2ClN.C12H11N.C6H2Br2ClI/c19-16-11-15(12-17(20)18(16)21)22(13-7-3-1-4-8-13)14-9-5-2-6-10-14;1-3-7-11(8-4-1)13-12-9-5-2-6-10-12;7-4-1-3(10)2-5(8)6(4)9/h1-12H;1-10,13H;1-2H. The number of halogens is 7. The van der Waals surface area contributed by atoms with Crippen LogP contribution in [0.2, 0.25) is 10.0 Å². The van der Waals surface area contributed by atoms with Gasteiger partial charge in [-0.2, -0.15) is 0 Å². The molecule has 0 heterocycles. The number of rotatable bonds is 5. The predicted molar refractivity (Wildman–Crippen MR) is 217 cm³/mol. The lowest BCUT2D eigenvalue weighted by Gasteiger charge is -2.26. The lowest BCUT2D eigenvalue weighted by molar-refractivity contribution is 1.28. The molecule has 0 amide bonds. The van der Waals surface area contributed by atoms with Crippen LogP contribution in [0.4, 0.5) is 28.4 Å². The fraction of sp³-hybridized carbons (Fsp3) is 0. The molecule has 0 aliphatic carbocycles. The van der Waals surface area contributed by atoms with Gasteiger partial charge in [-0.3, -0.25) is 0 Å². The minimum Gasteiger partial charge on any atom is -0.356 e. The molecule has 6 aromatic rings. The van der Waals surface area contributed by atoms with E-state index in [0.29, 0.717) is 5.02 Å². The maximum Gasteiger partial charge on any atom is 0.0691 e. The number of hydrogen-bond acceptors (Lipinski definition) is 2. The number of nitrogens with one attached hydrogen (secondary N) is 1. The zero-order chi connectivity index (χ0) is 32.2. The molecule has 0 aliphatic heterocycles. The molecule has 0 aromatic heterocycles. The van der Waals surface area contributed by atoms with E-state index in [4.69, 9.17) is 23.2 Å². The Hall–Kier alpha value is -1.85. The van der Waals surface area contributed by atoms with Crippen LogP contribution in [-0.2, 0) is 0 Å². The van der Waals surface area contributed by atoms with Gasteiger partial charge >= 0.3 is 0 Å². The van der Waals surface area contributed by atoms with E-state index < -0.39 is 0 Å². The van der Waals surface area contributed by atoms with E-state index in [0.717, 1.165) is 54.9 Å². The van der Waals surface area contributed by atoms with Crippen LogP contribution in [0.15, 0.2) is 163 Å². The van der Waals surface area contributed by atoms with Gasteiger partial charge in [0, 0.05) is 49.9 Å². The van der Waals surface area contributed by atoms with E-state index in [1.165, 1.54) is 0 Å². The molecule has 6 rings (SSSR count). The summed E-state index contributed by atoms with van der Waals surface area (Å²) in [6.45, 7) is 0. The smallest absolute Gasteiger partial charge is 0.0691 e. The zero-order valence-electron chi connectivity index (χ0n) is 23.4. The second-order valence-electron chi connectivity index (χ2n) is 9.27. The first-order valence-corrected chi connectivity index (χ1v) is 18.5. The Morgan fingerprint density at radius 2 is 0.756 bits per heavy atom.